The molecule has 1 heterocycles. The minimum absolute atomic E-state index is 0.292. The van der Waals surface area contributed by atoms with Crippen LogP contribution in [0.3, 0.4) is 0 Å². The Bertz CT molecular complexity index is 561. The Morgan fingerprint density at radius 1 is 1.00 bits per heavy atom. The molecule has 0 bridgehead atoms. The topological polar surface area (TPSA) is 21.3 Å². The number of rotatable bonds is 5. The molecule has 20 heavy (non-hydrogen) atoms. The molecule has 2 nitrogen and oxygen atoms in total. The first-order chi connectivity index (χ1) is 9.75. The zero-order valence-electron chi connectivity index (χ0n) is 11.9. The number of hydrogen-bond donors (Lipinski definition) is 1. The first-order valence-electron chi connectivity index (χ1n) is 7.19. The van der Waals surface area contributed by atoms with E-state index in [4.69, 9.17) is 4.74 Å². The maximum absolute atomic E-state index is 5.31. The fourth-order valence-corrected chi connectivity index (χ4v) is 2.52. The second-order valence-electron chi connectivity index (χ2n) is 5.98. The van der Waals surface area contributed by atoms with Crippen LogP contribution in [-0.4, -0.2) is 19.8 Å². The fourth-order valence-electron chi connectivity index (χ4n) is 2.52. The summed E-state index contributed by atoms with van der Waals surface area (Å²) in [6, 6.07) is 19.2. The molecular formula is C18H21NO. The predicted octanol–water partition coefficient (Wildman–Crippen LogP) is 3.73. The smallest absolute Gasteiger partial charge is 0.0559 e. The lowest BCUT2D eigenvalue weighted by Gasteiger charge is -2.38. The molecule has 2 heteroatoms. The lowest BCUT2D eigenvalue weighted by atomic mass is 9.88. The highest BCUT2D eigenvalue weighted by molar-refractivity contribution is 5.53. The van der Waals surface area contributed by atoms with Crippen LogP contribution in [0.5, 0.6) is 0 Å². The van der Waals surface area contributed by atoms with Gasteiger partial charge in [0.2, 0.25) is 0 Å². The molecule has 0 saturated carbocycles. The molecule has 0 unspecified atom stereocenters. The van der Waals surface area contributed by atoms with Gasteiger partial charge in [-0.2, -0.15) is 0 Å². The van der Waals surface area contributed by atoms with Crippen LogP contribution in [0.1, 0.15) is 18.1 Å². The van der Waals surface area contributed by atoms with Crippen molar-refractivity contribution in [1.29, 1.82) is 0 Å². The van der Waals surface area contributed by atoms with Crippen molar-refractivity contribution in [1.82, 2.24) is 0 Å². The number of para-hydroxylation sites is 1. The van der Waals surface area contributed by atoms with E-state index < -0.39 is 0 Å². The lowest BCUT2D eigenvalue weighted by molar-refractivity contribution is -0.0924. The van der Waals surface area contributed by atoms with Gasteiger partial charge in [-0.25, -0.2) is 0 Å². The highest BCUT2D eigenvalue weighted by atomic mass is 16.5. The zero-order valence-corrected chi connectivity index (χ0v) is 11.9. The number of benzene rings is 2. The Morgan fingerprint density at radius 3 is 2.40 bits per heavy atom. The van der Waals surface area contributed by atoms with Gasteiger partial charge in [0.25, 0.3) is 0 Å². The average Bonchev–Trinajstić information content (AvgIpc) is 2.45. The van der Waals surface area contributed by atoms with Gasteiger partial charge in [0.05, 0.1) is 13.2 Å². The van der Waals surface area contributed by atoms with Gasteiger partial charge in [-0.15, -0.1) is 0 Å². The lowest BCUT2D eigenvalue weighted by Crippen LogP contribution is -2.45. The monoisotopic (exact) mass is 267 g/mol. The second-order valence-corrected chi connectivity index (χ2v) is 5.98. The first-order valence-corrected chi connectivity index (χ1v) is 7.19. The fraction of sp³-hybridized carbons (Fsp3) is 0.333. The van der Waals surface area contributed by atoms with Gasteiger partial charge < -0.3 is 10.1 Å². The number of hydrogen-bond acceptors (Lipinski definition) is 2. The van der Waals surface area contributed by atoms with Crippen LogP contribution in [0.15, 0.2) is 54.6 Å². The predicted molar refractivity (Wildman–Crippen MR) is 83.1 cm³/mol. The average molecular weight is 267 g/mol. The molecule has 3 rings (SSSR count). The highest BCUT2D eigenvalue weighted by Gasteiger charge is 2.33. The van der Waals surface area contributed by atoms with E-state index in [-0.39, 0.29) is 0 Å². The van der Waals surface area contributed by atoms with Crippen LogP contribution in [-0.2, 0) is 11.2 Å². The van der Waals surface area contributed by atoms with Crippen LogP contribution in [0.25, 0.3) is 0 Å². The van der Waals surface area contributed by atoms with Gasteiger partial charge in [0.15, 0.2) is 0 Å². The summed E-state index contributed by atoms with van der Waals surface area (Å²) in [5.41, 5.74) is 4.23. The van der Waals surface area contributed by atoms with E-state index in [1.54, 1.807) is 0 Å². The maximum atomic E-state index is 5.31. The molecule has 0 aliphatic carbocycles. The van der Waals surface area contributed by atoms with Crippen molar-refractivity contribution in [3.63, 3.8) is 0 Å². The molecule has 1 aliphatic rings. The Balaban J connectivity index is 1.71. The first kappa shape index (κ1) is 13.2. The molecule has 2 aromatic carbocycles. The molecule has 1 N–H and O–H groups in total. The Labute approximate surface area is 120 Å². The summed E-state index contributed by atoms with van der Waals surface area (Å²) in [6.07, 6.45) is 0.969. The molecular weight excluding hydrogens is 246 g/mol. The third kappa shape index (κ3) is 3.02. The van der Waals surface area contributed by atoms with Gasteiger partial charge in [-0.3, -0.25) is 0 Å². The van der Waals surface area contributed by atoms with Crippen LogP contribution in [0.2, 0.25) is 0 Å². The Hall–Kier alpha value is -1.80. The van der Waals surface area contributed by atoms with Gasteiger partial charge in [-0.1, -0.05) is 55.5 Å². The zero-order chi connectivity index (χ0) is 13.8. The van der Waals surface area contributed by atoms with Crippen molar-refractivity contribution in [3.8, 4) is 0 Å². The standard InChI is InChI=1S/C18H21NO/c1-18(13-20-14-18)12-19-17-10-6-5-9-16(17)11-15-7-3-2-4-8-15/h2-10,19H,11-14H2,1H3. The van der Waals surface area contributed by atoms with E-state index in [9.17, 15) is 0 Å². The molecule has 1 saturated heterocycles. The third-order valence-electron chi connectivity index (χ3n) is 3.86. The summed E-state index contributed by atoms with van der Waals surface area (Å²) < 4.78 is 5.31. The van der Waals surface area contributed by atoms with E-state index >= 15 is 0 Å². The van der Waals surface area contributed by atoms with Crippen molar-refractivity contribution in [2.75, 3.05) is 25.1 Å². The highest BCUT2D eigenvalue weighted by Crippen LogP contribution is 2.28. The van der Waals surface area contributed by atoms with Gasteiger partial charge in [-0.05, 0) is 23.6 Å². The van der Waals surface area contributed by atoms with Gasteiger partial charge >= 0.3 is 0 Å². The Morgan fingerprint density at radius 2 is 1.70 bits per heavy atom. The minimum atomic E-state index is 0.292. The third-order valence-corrected chi connectivity index (χ3v) is 3.86. The van der Waals surface area contributed by atoms with E-state index in [0.717, 1.165) is 26.2 Å². The summed E-state index contributed by atoms with van der Waals surface area (Å²) in [4.78, 5) is 0. The normalized spacial score (nSPS) is 16.4. The van der Waals surface area contributed by atoms with Crippen LogP contribution in [0, 0.1) is 5.41 Å². The van der Waals surface area contributed by atoms with E-state index in [1.165, 1.54) is 16.8 Å². The molecule has 0 atom stereocenters. The SMILES string of the molecule is CC1(CNc2ccccc2Cc2ccccc2)COC1. The number of anilines is 1. The molecule has 1 fully saturated rings. The quantitative estimate of drug-likeness (QED) is 0.891. The van der Waals surface area contributed by atoms with Crippen LogP contribution < -0.4 is 5.32 Å². The van der Waals surface area contributed by atoms with Crippen molar-refractivity contribution in [3.05, 3.63) is 65.7 Å². The van der Waals surface area contributed by atoms with Crippen molar-refractivity contribution < 1.29 is 4.74 Å². The molecule has 0 radical (unpaired) electrons. The number of nitrogens with one attached hydrogen (secondary N) is 1. The van der Waals surface area contributed by atoms with E-state index in [1.807, 2.05) is 0 Å². The molecule has 0 spiro atoms. The minimum Gasteiger partial charge on any atom is -0.384 e. The molecule has 0 amide bonds. The summed E-state index contributed by atoms with van der Waals surface area (Å²) in [7, 11) is 0. The molecule has 104 valence electrons. The summed E-state index contributed by atoms with van der Waals surface area (Å²) in [6.45, 7) is 4.96. The maximum Gasteiger partial charge on any atom is 0.0559 e. The second kappa shape index (κ2) is 5.68. The summed E-state index contributed by atoms with van der Waals surface area (Å²) in [5, 5.41) is 3.60. The summed E-state index contributed by atoms with van der Waals surface area (Å²) >= 11 is 0. The van der Waals surface area contributed by atoms with Gasteiger partial charge in [0.1, 0.15) is 0 Å². The largest absolute Gasteiger partial charge is 0.384 e. The molecule has 1 aliphatic heterocycles. The van der Waals surface area contributed by atoms with Crippen LogP contribution in [0.4, 0.5) is 5.69 Å². The van der Waals surface area contributed by atoms with E-state index in [0.29, 0.717) is 5.41 Å². The Kier molecular flexibility index (Phi) is 3.75. The molecule has 0 aromatic heterocycles. The van der Waals surface area contributed by atoms with Gasteiger partial charge in [0, 0.05) is 17.6 Å². The summed E-state index contributed by atoms with van der Waals surface area (Å²) in [5.74, 6) is 0. The van der Waals surface area contributed by atoms with Crippen molar-refractivity contribution >= 4 is 5.69 Å². The van der Waals surface area contributed by atoms with Crippen LogP contribution >= 0.6 is 0 Å². The van der Waals surface area contributed by atoms with Crippen molar-refractivity contribution in [2.45, 2.75) is 13.3 Å². The molecule has 2 aromatic rings. The number of ether oxygens (including phenoxy) is 1. The van der Waals surface area contributed by atoms with E-state index in [2.05, 4.69) is 66.8 Å². The van der Waals surface area contributed by atoms with Crippen molar-refractivity contribution in [2.24, 2.45) is 5.41 Å².